The van der Waals surface area contributed by atoms with Crippen molar-refractivity contribution in [3.05, 3.63) is 18.0 Å². The van der Waals surface area contributed by atoms with E-state index in [2.05, 4.69) is 5.10 Å². The maximum absolute atomic E-state index is 11.2. The monoisotopic (exact) mass is 211 g/mol. The average Bonchev–Trinajstić information content (AvgIpc) is 2.60. The van der Waals surface area contributed by atoms with Crippen LogP contribution < -0.4 is 5.73 Å². The van der Waals surface area contributed by atoms with E-state index in [9.17, 15) is 9.90 Å². The van der Waals surface area contributed by atoms with E-state index < -0.39 is 11.4 Å². The van der Waals surface area contributed by atoms with Crippen LogP contribution in [0, 0.1) is 5.41 Å². The van der Waals surface area contributed by atoms with Crippen LogP contribution in [0.1, 0.15) is 18.9 Å². The molecule has 0 saturated heterocycles. The zero-order valence-electron chi connectivity index (χ0n) is 9.10. The van der Waals surface area contributed by atoms with Crippen LogP contribution in [0.15, 0.2) is 12.4 Å². The van der Waals surface area contributed by atoms with Crippen molar-refractivity contribution in [1.82, 2.24) is 9.78 Å². The number of nitrogens with two attached hydrogens (primary N) is 1. The lowest BCUT2D eigenvalue weighted by Gasteiger charge is -2.25. The minimum Gasteiger partial charge on any atom is -0.481 e. The van der Waals surface area contributed by atoms with Gasteiger partial charge in [0.05, 0.1) is 11.6 Å². The van der Waals surface area contributed by atoms with Crippen LogP contribution in [-0.4, -0.2) is 27.4 Å². The molecule has 1 atom stereocenters. The number of carbonyl (C=O) groups is 1. The first-order valence-electron chi connectivity index (χ1n) is 4.95. The topological polar surface area (TPSA) is 81.1 Å². The second-order valence-corrected chi connectivity index (χ2v) is 3.84. The first-order chi connectivity index (χ1) is 7.04. The molecule has 0 amide bonds. The number of carboxylic acid groups (broad SMARTS) is 1. The number of carboxylic acids is 1. The van der Waals surface area contributed by atoms with Gasteiger partial charge in [-0.25, -0.2) is 0 Å². The van der Waals surface area contributed by atoms with Gasteiger partial charge in [0.1, 0.15) is 0 Å². The number of aliphatic carboxylic acids is 1. The normalized spacial score (nSPS) is 14.9. The summed E-state index contributed by atoms with van der Waals surface area (Å²) in [7, 11) is 1.81. The van der Waals surface area contributed by atoms with Gasteiger partial charge in [-0.05, 0) is 18.4 Å². The maximum Gasteiger partial charge on any atom is 0.311 e. The summed E-state index contributed by atoms with van der Waals surface area (Å²) in [4.78, 5) is 11.2. The van der Waals surface area contributed by atoms with Crippen molar-refractivity contribution in [2.24, 2.45) is 18.2 Å². The van der Waals surface area contributed by atoms with Gasteiger partial charge in [0.25, 0.3) is 0 Å². The Morgan fingerprint density at radius 2 is 2.40 bits per heavy atom. The van der Waals surface area contributed by atoms with Crippen molar-refractivity contribution >= 4 is 5.97 Å². The predicted molar refractivity (Wildman–Crippen MR) is 56.3 cm³/mol. The fourth-order valence-corrected chi connectivity index (χ4v) is 1.61. The van der Waals surface area contributed by atoms with E-state index in [1.54, 1.807) is 17.9 Å². The highest BCUT2D eigenvalue weighted by atomic mass is 16.4. The molecule has 5 nitrogen and oxygen atoms in total. The summed E-state index contributed by atoms with van der Waals surface area (Å²) in [5.41, 5.74) is 5.62. The van der Waals surface area contributed by atoms with Crippen LogP contribution in [0.3, 0.4) is 0 Å². The third-order valence-electron chi connectivity index (χ3n) is 2.82. The van der Waals surface area contributed by atoms with Gasteiger partial charge in [0.15, 0.2) is 0 Å². The molecule has 0 saturated carbocycles. The van der Waals surface area contributed by atoms with Gasteiger partial charge in [-0.2, -0.15) is 5.10 Å². The van der Waals surface area contributed by atoms with Crippen molar-refractivity contribution in [3.8, 4) is 0 Å². The Morgan fingerprint density at radius 1 is 1.73 bits per heavy atom. The molecule has 1 aromatic heterocycles. The molecule has 0 spiro atoms. The van der Waals surface area contributed by atoms with Gasteiger partial charge in [-0.1, -0.05) is 6.92 Å². The van der Waals surface area contributed by atoms with Crippen LogP contribution in [0.25, 0.3) is 0 Å². The zero-order valence-corrected chi connectivity index (χ0v) is 9.10. The third kappa shape index (κ3) is 2.36. The van der Waals surface area contributed by atoms with Gasteiger partial charge in [0, 0.05) is 19.8 Å². The minimum atomic E-state index is -0.858. The molecule has 0 aliphatic heterocycles. The second kappa shape index (κ2) is 4.44. The summed E-state index contributed by atoms with van der Waals surface area (Å²) >= 11 is 0. The Bertz CT molecular complexity index is 342. The maximum atomic E-state index is 11.2. The molecule has 0 fully saturated rings. The van der Waals surface area contributed by atoms with Crippen molar-refractivity contribution < 1.29 is 9.90 Å². The summed E-state index contributed by atoms with van der Waals surface area (Å²) < 4.78 is 1.66. The molecule has 5 heteroatoms. The van der Waals surface area contributed by atoms with Crippen molar-refractivity contribution in [2.75, 3.05) is 6.54 Å². The zero-order chi connectivity index (χ0) is 11.5. The van der Waals surface area contributed by atoms with Crippen LogP contribution in [0.2, 0.25) is 0 Å². The van der Waals surface area contributed by atoms with Gasteiger partial charge in [-0.3, -0.25) is 9.48 Å². The van der Waals surface area contributed by atoms with E-state index in [0.29, 0.717) is 12.8 Å². The number of aryl methyl sites for hydroxylation is 1. The molecule has 1 heterocycles. The van der Waals surface area contributed by atoms with Gasteiger partial charge in [0.2, 0.25) is 0 Å². The molecule has 0 aromatic carbocycles. The molecule has 1 rings (SSSR count). The first kappa shape index (κ1) is 11.7. The lowest BCUT2D eigenvalue weighted by atomic mass is 9.80. The van der Waals surface area contributed by atoms with E-state index in [-0.39, 0.29) is 6.54 Å². The largest absolute Gasteiger partial charge is 0.481 e. The van der Waals surface area contributed by atoms with Gasteiger partial charge >= 0.3 is 5.97 Å². The lowest BCUT2D eigenvalue weighted by molar-refractivity contribution is -0.148. The van der Waals surface area contributed by atoms with Crippen LogP contribution >= 0.6 is 0 Å². The summed E-state index contributed by atoms with van der Waals surface area (Å²) in [6.07, 6.45) is 4.46. The Kier molecular flexibility index (Phi) is 3.47. The van der Waals surface area contributed by atoms with Crippen LogP contribution in [-0.2, 0) is 18.3 Å². The van der Waals surface area contributed by atoms with E-state index in [4.69, 9.17) is 5.73 Å². The van der Waals surface area contributed by atoms with Crippen LogP contribution in [0.5, 0.6) is 0 Å². The number of aromatic nitrogens is 2. The molecule has 0 radical (unpaired) electrons. The number of nitrogens with zero attached hydrogens (tertiary/aromatic N) is 2. The summed E-state index contributed by atoms with van der Waals surface area (Å²) in [6.45, 7) is 1.99. The predicted octanol–water partition coefficient (Wildman–Crippen LogP) is 0.402. The highest BCUT2D eigenvalue weighted by Gasteiger charge is 2.35. The molecule has 0 aliphatic carbocycles. The molecule has 3 N–H and O–H groups in total. The molecule has 0 bridgehead atoms. The minimum absolute atomic E-state index is 0.147. The summed E-state index contributed by atoms with van der Waals surface area (Å²) in [5, 5.41) is 13.2. The quantitative estimate of drug-likeness (QED) is 0.738. The fraction of sp³-hybridized carbons (Fsp3) is 0.600. The van der Waals surface area contributed by atoms with E-state index in [1.807, 2.05) is 13.1 Å². The second-order valence-electron chi connectivity index (χ2n) is 3.84. The standard InChI is InChI=1S/C10H17N3O2/c1-3-10(7-11,9(14)15)4-8-5-12-13(2)6-8/h5-6H,3-4,7,11H2,1-2H3,(H,14,15). The third-order valence-corrected chi connectivity index (χ3v) is 2.82. The molecule has 1 unspecified atom stereocenters. The van der Waals surface area contributed by atoms with Gasteiger partial charge in [-0.15, -0.1) is 0 Å². The lowest BCUT2D eigenvalue weighted by Crippen LogP contribution is -2.40. The van der Waals surface area contributed by atoms with E-state index >= 15 is 0 Å². The highest BCUT2D eigenvalue weighted by Crippen LogP contribution is 2.26. The van der Waals surface area contributed by atoms with Crippen LogP contribution in [0.4, 0.5) is 0 Å². The first-order valence-corrected chi connectivity index (χ1v) is 4.95. The Labute approximate surface area is 88.9 Å². The Balaban J connectivity index is 2.88. The summed E-state index contributed by atoms with van der Waals surface area (Å²) in [6, 6.07) is 0. The molecular formula is C10H17N3O2. The average molecular weight is 211 g/mol. The number of rotatable bonds is 5. The molecule has 84 valence electrons. The SMILES string of the molecule is CCC(CN)(Cc1cnn(C)c1)C(=O)O. The Morgan fingerprint density at radius 3 is 2.73 bits per heavy atom. The van der Waals surface area contributed by atoms with E-state index in [1.165, 1.54) is 0 Å². The molecule has 0 aliphatic rings. The Hall–Kier alpha value is -1.36. The number of hydrogen-bond donors (Lipinski definition) is 2. The molecule has 15 heavy (non-hydrogen) atoms. The molecule has 1 aromatic rings. The van der Waals surface area contributed by atoms with Crippen molar-refractivity contribution in [2.45, 2.75) is 19.8 Å². The fourth-order valence-electron chi connectivity index (χ4n) is 1.61. The van der Waals surface area contributed by atoms with Crippen molar-refractivity contribution in [1.29, 1.82) is 0 Å². The van der Waals surface area contributed by atoms with Crippen molar-refractivity contribution in [3.63, 3.8) is 0 Å². The smallest absolute Gasteiger partial charge is 0.311 e. The van der Waals surface area contributed by atoms with E-state index in [0.717, 1.165) is 5.56 Å². The summed E-state index contributed by atoms with van der Waals surface area (Å²) in [5.74, 6) is -0.837. The molecular weight excluding hydrogens is 194 g/mol. The van der Waals surface area contributed by atoms with Gasteiger partial charge < -0.3 is 10.8 Å². The highest BCUT2D eigenvalue weighted by molar-refractivity contribution is 5.75. The number of hydrogen-bond acceptors (Lipinski definition) is 3.